The first-order valence-electron chi connectivity index (χ1n) is 11.7. The summed E-state index contributed by atoms with van der Waals surface area (Å²) in [6.07, 6.45) is 0.455. The first-order chi connectivity index (χ1) is 17.3. The maximum Gasteiger partial charge on any atom is 0.290 e. The van der Waals surface area contributed by atoms with Gasteiger partial charge < -0.3 is 18.8 Å². The number of halogens is 1. The number of nitrogens with zero attached hydrogens (tertiary/aromatic N) is 1. The molecule has 0 saturated carbocycles. The van der Waals surface area contributed by atoms with Crippen molar-refractivity contribution >= 4 is 16.9 Å². The van der Waals surface area contributed by atoms with Gasteiger partial charge in [-0.3, -0.25) is 9.59 Å². The topological polar surface area (TPSA) is 69.0 Å². The molecule has 0 fully saturated rings. The highest BCUT2D eigenvalue weighted by atomic mass is 19.1. The largest absolute Gasteiger partial charge is 0.493 e. The summed E-state index contributed by atoms with van der Waals surface area (Å²) in [6, 6.07) is 14.5. The maximum atomic E-state index is 15.1. The molecule has 1 atom stereocenters. The molecular formula is C29H26FNO5. The molecule has 3 aromatic carbocycles. The van der Waals surface area contributed by atoms with Crippen molar-refractivity contribution in [1.29, 1.82) is 0 Å². The van der Waals surface area contributed by atoms with Crippen LogP contribution in [0.15, 0.2) is 63.8 Å². The fourth-order valence-corrected chi connectivity index (χ4v) is 5.01. The number of ether oxygens (including phenoxy) is 2. The second kappa shape index (κ2) is 9.15. The Morgan fingerprint density at radius 2 is 1.72 bits per heavy atom. The van der Waals surface area contributed by atoms with E-state index in [0.717, 1.165) is 16.7 Å². The highest BCUT2D eigenvalue weighted by Crippen LogP contribution is 2.40. The summed E-state index contributed by atoms with van der Waals surface area (Å²) in [7, 11) is 3.12. The number of rotatable bonds is 6. The van der Waals surface area contributed by atoms with Crippen LogP contribution in [-0.2, 0) is 6.42 Å². The van der Waals surface area contributed by atoms with E-state index in [2.05, 4.69) is 0 Å². The van der Waals surface area contributed by atoms with Crippen molar-refractivity contribution in [3.8, 4) is 11.5 Å². The van der Waals surface area contributed by atoms with Crippen molar-refractivity contribution < 1.29 is 23.1 Å². The quantitative estimate of drug-likeness (QED) is 0.367. The molecule has 5 rings (SSSR count). The average Bonchev–Trinajstić information content (AvgIpc) is 3.15. The third-order valence-electron chi connectivity index (χ3n) is 6.69. The molecule has 0 bridgehead atoms. The zero-order valence-electron chi connectivity index (χ0n) is 20.6. The summed E-state index contributed by atoms with van der Waals surface area (Å²) < 4.78 is 31.8. The number of carbonyl (C=O) groups is 1. The van der Waals surface area contributed by atoms with Gasteiger partial charge in [-0.25, -0.2) is 4.39 Å². The number of benzene rings is 3. The predicted molar refractivity (Wildman–Crippen MR) is 134 cm³/mol. The smallest absolute Gasteiger partial charge is 0.290 e. The molecule has 184 valence electrons. The lowest BCUT2D eigenvalue weighted by molar-refractivity contribution is 0.0728. The van der Waals surface area contributed by atoms with Crippen LogP contribution in [0.1, 0.15) is 44.4 Å². The van der Waals surface area contributed by atoms with Gasteiger partial charge in [0.2, 0.25) is 5.76 Å². The van der Waals surface area contributed by atoms with E-state index in [4.69, 9.17) is 13.9 Å². The number of hydrogen-bond donors (Lipinski definition) is 0. The highest BCUT2D eigenvalue weighted by Gasteiger charge is 2.43. The fraction of sp³-hybridized carbons (Fsp3) is 0.241. The molecule has 0 aliphatic carbocycles. The first kappa shape index (κ1) is 23.6. The summed E-state index contributed by atoms with van der Waals surface area (Å²) >= 11 is 0. The van der Waals surface area contributed by atoms with Crippen molar-refractivity contribution in [2.24, 2.45) is 0 Å². The minimum atomic E-state index is -0.893. The number of aryl methyl sites for hydroxylation is 2. The highest BCUT2D eigenvalue weighted by molar-refractivity contribution is 5.99. The summed E-state index contributed by atoms with van der Waals surface area (Å²) in [5.41, 5.74) is 3.08. The van der Waals surface area contributed by atoms with Crippen LogP contribution in [-0.4, -0.2) is 31.6 Å². The number of amides is 1. The van der Waals surface area contributed by atoms with Crippen LogP contribution in [0.3, 0.4) is 0 Å². The van der Waals surface area contributed by atoms with E-state index in [0.29, 0.717) is 28.9 Å². The lowest BCUT2D eigenvalue weighted by Gasteiger charge is -2.25. The van der Waals surface area contributed by atoms with Crippen molar-refractivity contribution in [3.63, 3.8) is 0 Å². The molecule has 1 aliphatic rings. The molecule has 2 heterocycles. The van der Waals surface area contributed by atoms with Gasteiger partial charge in [-0.05, 0) is 61.2 Å². The lowest BCUT2D eigenvalue weighted by atomic mass is 9.97. The van der Waals surface area contributed by atoms with E-state index < -0.39 is 17.8 Å². The van der Waals surface area contributed by atoms with E-state index in [1.165, 1.54) is 11.0 Å². The second-order valence-corrected chi connectivity index (χ2v) is 8.99. The molecule has 0 unspecified atom stereocenters. The fourth-order valence-electron chi connectivity index (χ4n) is 5.01. The van der Waals surface area contributed by atoms with Crippen molar-refractivity contribution in [2.75, 3.05) is 20.8 Å². The minimum Gasteiger partial charge on any atom is -0.493 e. The SMILES string of the molecule is COc1ccc(CCN2C(=O)c3oc4c(C)cc(C)cc4c(=O)c3[C@H]2c2ccccc2F)cc1OC. The monoisotopic (exact) mass is 487 g/mol. The molecule has 0 spiro atoms. The Morgan fingerprint density at radius 3 is 2.44 bits per heavy atom. The molecule has 36 heavy (non-hydrogen) atoms. The molecule has 1 aromatic heterocycles. The number of carbonyl (C=O) groups excluding carboxylic acids is 1. The average molecular weight is 488 g/mol. The van der Waals surface area contributed by atoms with Crippen LogP contribution in [0, 0.1) is 19.7 Å². The van der Waals surface area contributed by atoms with Crippen LogP contribution in [0.5, 0.6) is 11.5 Å². The van der Waals surface area contributed by atoms with Gasteiger partial charge in [0.15, 0.2) is 16.9 Å². The Labute approximate surface area is 207 Å². The Bertz CT molecular complexity index is 1560. The molecule has 6 nitrogen and oxygen atoms in total. The van der Waals surface area contributed by atoms with E-state index in [-0.39, 0.29) is 28.9 Å². The summed E-state index contributed by atoms with van der Waals surface area (Å²) in [5, 5.41) is 0.391. The van der Waals surface area contributed by atoms with E-state index in [9.17, 15) is 9.59 Å². The number of hydrogen-bond acceptors (Lipinski definition) is 5. The van der Waals surface area contributed by atoms with Crippen LogP contribution >= 0.6 is 0 Å². The zero-order valence-corrected chi connectivity index (χ0v) is 20.6. The Kier molecular flexibility index (Phi) is 6.00. The molecule has 0 saturated heterocycles. The van der Waals surface area contributed by atoms with Gasteiger partial charge in [-0.15, -0.1) is 0 Å². The van der Waals surface area contributed by atoms with E-state index in [1.807, 2.05) is 32.0 Å². The number of fused-ring (bicyclic) bond motifs is 2. The minimum absolute atomic E-state index is 0.0278. The van der Waals surface area contributed by atoms with E-state index in [1.54, 1.807) is 44.6 Å². The van der Waals surface area contributed by atoms with Crippen molar-refractivity contribution in [3.05, 3.63) is 104 Å². The van der Waals surface area contributed by atoms with Gasteiger partial charge >= 0.3 is 0 Å². The first-order valence-corrected chi connectivity index (χ1v) is 11.7. The zero-order chi connectivity index (χ0) is 25.6. The summed E-state index contributed by atoms with van der Waals surface area (Å²) in [6.45, 7) is 3.98. The molecule has 1 amide bonds. The second-order valence-electron chi connectivity index (χ2n) is 8.99. The van der Waals surface area contributed by atoms with E-state index >= 15 is 4.39 Å². The van der Waals surface area contributed by atoms with Gasteiger partial charge in [0, 0.05) is 12.1 Å². The molecule has 0 radical (unpaired) electrons. The van der Waals surface area contributed by atoms with Crippen molar-refractivity contribution in [2.45, 2.75) is 26.3 Å². The van der Waals surface area contributed by atoms with Gasteiger partial charge in [-0.2, -0.15) is 0 Å². The van der Waals surface area contributed by atoms with Crippen LogP contribution < -0.4 is 14.9 Å². The molecular weight excluding hydrogens is 461 g/mol. The van der Waals surface area contributed by atoms with Crippen LogP contribution in [0.25, 0.3) is 11.0 Å². The summed E-state index contributed by atoms with van der Waals surface area (Å²) in [5.74, 6) is 0.227. The molecule has 7 heteroatoms. The van der Waals surface area contributed by atoms with Gasteiger partial charge in [0.1, 0.15) is 11.4 Å². The predicted octanol–water partition coefficient (Wildman–Crippen LogP) is 5.35. The molecule has 1 aliphatic heterocycles. The van der Waals surface area contributed by atoms with Gasteiger partial charge in [-0.1, -0.05) is 30.3 Å². The van der Waals surface area contributed by atoms with Gasteiger partial charge in [0.25, 0.3) is 5.91 Å². The third kappa shape index (κ3) is 3.81. The van der Waals surface area contributed by atoms with Crippen LogP contribution in [0.4, 0.5) is 4.39 Å². The summed E-state index contributed by atoms with van der Waals surface area (Å²) in [4.78, 5) is 28.9. The van der Waals surface area contributed by atoms with Gasteiger partial charge in [0.05, 0.1) is 31.2 Å². The normalized spacial score (nSPS) is 14.9. The third-order valence-corrected chi connectivity index (χ3v) is 6.69. The number of methoxy groups -OCH3 is 2. The van der Waals surface area contributed by atoms with Crippen LogP contribution in [0.2, 0.25) is 0 Å². The lowest BCUT2D eigenvalue weighted by Crippen LogP contribution is -2.32. The standard InChI is InChI=1S/C29H26FNO5/c1-16-13-17(2)27-20(14-16)26(32)24-25(19-7-5-6-8-21(19)30)31(29(33)28(24)36-27)12-11-18-9-10-22(34-3)23(15-18)35-4/h5-10,13-15,25H,11-12H2,1-4H3/t25-/m1/s1. The Morgan fingerprint density at radius 1 is 0.972 bits per heavy atom. The molecule has 0 N–H and O–H groups in total. The Hall–Kier alpha value is -4.13. The maximum absolute atomic E-state index is 15.1. The molecule has 4 aromatic rings. The Balaban J connectivity index is 1.63. The van der Waals surface area contributed by atoms with Crippen molar-refractivity contribution in [1.82, 2.24) is 4.90 Å².